The molecule has 2 aliphatic rings. The van der Waals surface area contributed by atoms with E-state index in [1.165, 1.54) is 5.56 Å². The highest BCUT2D eigenvalue weighted by Crippen LogP contribution is 2.36. The van der Waals surface area contributed by atoms with Gasteiger partial charge in [0.1, 0.15) is 5.52 Å². The Morgan fingerprint density at radius 1 is 1.27 bits per heavy atom. The highest BCUT2D eigenvalue weighted by molar-refractivity contribution is 5.84. The molecule has 1 fully saturated rings. The monoisotopic (exact) mass is 301 g/mol. The predicted octanol–water partition coefficient (Wildman–Crippen LogP) is 1.90. The van der Waals surface area contributed by atoms with Gasteiger partial charge in [-0.3, -0.25) is 4.90 Å². The number of fused-ring (bicyclic) bond motifs is 2. The van der Waals surface area contributed by atoms with Gasteiger partial charge >= 0.3 is 0 Å². The van der Waals surface area contributed by atoms with Gasteiger partial charge in [-0.25, -0.2) is 4.98 Å². The number of nitrogens with zero attached hydrogens (tertiary/aromatic N) is 1. The Hall–Kier alpha value is -2.01. The van der Waals surface area contributed by atoms with Gasteiger partial charge in [-0.2, -0.15) is 0 Å². The van der Waals surface area contributed by atoms with Crippen LogP contribution in [0.3, 0.4) is 0 Å². The van der Waals surface area contributed by atoms with Crippen molar-refractivity contribution < 1.29 is 19.6 Å². The maximum Gasteiger partial charge on any atom is 0.275 e. The summed E-state index contributed by atoms with van der Waals surface area (Å²) in [6.07, 6.45) is 2.23. The van der Waals surface area contributed by atoms with E-state index >= 15 is 0 Å². The molecule has 2 aromatic rings. The van der Waals surface area contributed by atoms with Crippen LogP contribution in [0.2, 0.25) is 0 Å². The van der Waals surface area contributed by atoms with Crippen LogP contribution in [0.4, 0.5) is 5.82 Å². The number of hydrogen-bond donors (Lipinski definition) is 1. The van der Waals surface area contributed by atoms with Crippen LogP contribution in [-0.4, -0.2) is 31.6 Å². The molecule has 3 heterocycles. The summed E-state index contributed by atoms with van der Waals surface area (Å²) in [6.45, 7) is 4.62. The second-order valence-electron chi connectivity index (χ2n) is 6.23. The van der Waals surface area contributed by atoms with E-state index in [1.54, 1.807) is 0 Å². The number of anilines is 1. The van der Waals surface area contributed by atoms with Crippen LogP contribution in [0.1, 0.15) is 18.4 Å². The molecule has 5 heteroatoms. The van der Waals surface area contributed by atoms with Crippen molar-refractivity contribution in [3.63, 3.8) is 0 Å². The van der Waals surface area contributed by atoms with Crippen molar-refractivity contribution in [1.29, 1.82) is 0 Å². The molecule has 0 radical (unpaired) electrons. The number of aliphatic hydroxyl groups is 1. The maximum absolute atomic E-state index is 9.42. The lowest BCUT2D eigenvalue weighted by Gasteiger charge is -2.27. The maximum atomic E-state index is 9.42. The first-order valence-electron chi connectivity index (χ1n) is 7.86. The van der Waals surface area contributed by atoms with E-state index in [9.17, 15) is 5.11 Å². The zero-order valence-electron chi connectivity index (χ0n) is 12.8. The summed E-state index contributed by atoms with van der Waals surface area (Å²) in [5.74, 6) is 3.10. The third kappa shape index (κ3) is 2.25. The number of hydrogen-bond acceptors (Lipinski definition) is 4. The molecular weight excluding hydrogens is 280 g/mol. The highest BCUT2D eigenvalue weighted by atomic mass is 16.7. The summed E-state index contributed by atoms with van der Waals surface area (Å²) >= 11 is 0. The van der Waals surface area contributed by atoms with E-state index in [2.05, 4.69) is 22.9 Å². The van der Waals surface area contributed by atoms with Gasteiger partial charge in [-0.15, -0.1) is 0 Å². The minimum atomic E-state index is 0.266. The van der Waals surface area contributed by atoms with Gasteiger partial charge in [0, 0.05) is 30.0 Å². The number of aromatic nitrogens is 1. The summed E-state index contributed by atoms with van der Waals surface area (Å²) in [5.41, 5.74) is 2.28. The molecule has 1 aromatic carbocycles. The molecule has 4 rings (SSSR count). The molecule has 1 atom stereocenters. The number of piperidine rings is 1. The van der Waals surface area contributed by atoms with Crippen LogP contribution < -0.4 is 19.4 Å². The van der Waals surface area contributed by atoms with Crippen LogP contribution in [0.25, 0.3) is 10.9 Å². The van der Waals surface area contributed by atoms with E-state index in [4.69, 9.17) is 9.47 Å². The van der Waals surface area contributed by atoms with Crippen LogP contribution >= 0.6 is 0 Å². The number of aromatic amines is 1. The first-order chi connectivity index (χ1) is 10.7. The van der Waals surface area contributed by atoms with Gasteiger partial charge < -0.3 is 14.6 Å². The number of pyridine rings is 1. The molecule has 5 nitrogen and oxygen atoms in total. The molecule has 1 saturated heterocycles. The largest absolute Gasteiger partial charge is 0.454 e. The van der Waals surface area contributed by atoms with E-state index in [-0.39, 0.29) is 6.61 Å². The molecule has 1 aromatic heterocycles. The Morgan fingerprint density at radius 2 is 2.09 bits per heavy atom. The molecule has 0 bridgehead atoms. The fourth-order valence-corrected chi connectivity index (χ4v) is 3.43. The highest BCUT2D eigenvalue weighted by Gasteiger charge is 2.27. The zero-order valence-corrected chi connectivity index (χ0v) is 12.8. The second-order valence-corrected chi connectivity index (χ2v) is 6.23. The molecule has 0 amide bonds. The third-order valence-corrected chi connectivity index (χ3v) is 4.67. The number of nitrogens with one attached hydrogen (secondary N) is 1. The Kier molecular flexibility index (Phi) is 3.30. The van der Waals surface area contributed by atoms with Crippen molar-refractivity contribution in [3.05, 3.63) is 23.8 Å². The van der Waals surface area contributed by atoms with Gasteiger partial charge in [0.2, 0.25) is 6.79 Å². The van der Waals surface area contributed by atoms with E-state index in [0.717, 1.165) is 54.2 Å². The Labute approximate surface area is 129 Å². The van der Waals surface area contributed by atoms with Crippen molar-refractivity contribution in [2.75, 3.05) is 31.4 Å². The molecule has 2 N–H and O–H groups in total. The minimum Gasteiger partial charge on any atom is -0.454 e. The Bertz CT molecular complexity index is 717. The normalized spacial score (nSPS) is 20.6. The van der Waals surface area contributed by atoms with Gasteiger partial charge in [0.05, 0.1) is 13.1 Å². The smallest absolute Gasteiger partial charge is 0.275 e. The minimum absolute atomic E-state index is 0.266. The van der Waals surface area contributed by atoms with E-state index in [0.29, 0.717) is 12.7 Å². The van der Waals surface area contributed by atoms with Crippen LogP contribution in [0, 0.1) is 12.8 Å². The van der Waals surface area contributed by atoms with Gasteiger partial charge in [-0.1, -0.05) is 0 Å². The number of H-pyrrole nitrogens is 1. The van der Waals surface area contributed by atoms with Gasteiger partial charge in [0.25, 0.3) is 5.82 Å². The Balaban J connectivity index is 1.74. The summed E-state index contributed by atoms with van der Waals surface area (Å²) < 4.78 is 10.9. The third-order valence-electron chi connectivity index (χ3n) is 4.67. The lowest BCUT2D eigenvalue weighted by Crippen LogP contribution is -2.39. The summed E-state index contributed by atoms with van der Waals surface area (Å²) in [4.78, 5) is 5.86. The van der Waals surface area contributed by atoms with Crippen LogP contribution in [0.5, 0.6) is 11.5 Å². The predicted molar refractivity (Wildman–Crippen MR) is 83.4 cm³/mol. The molecule has 2 aliphatic heterocycles. The van der Waals surface area contributed by atoms with Crippen molar-refractivity contribution in [2.24, 2.45) is 5.92 Å². The lowest BCUT2D eigenvalue weighted by atomic mass is 9.99. The number of aryl methyl sites for hydroxylation is 1. The van der Waals surface area contributed by atoms with E-state index in [1.807, 2.05) is 12.1 Å². The summed E-state index contributed by atoms with van der Waals surface area (Å²) in [7, 11) is 0. The summed E-state index contributed by atoms with van der Waals surface area (Å²) in [5, 5.41) is 10.6. The number of aliphatic hydroxyl groups excluding tert-OH is 1. The first-order valence-corrected chi connectivity index (χ1v) is 7.86. The number of ether oxygens (including phenoxy) is 2. The van der Waals surface area contributed by atoms with Crippen molar-refractivity contribution in [2.45, 2.75) is 19.8 Å². The average molecular weight is 301 g/mol. The molecule has 1 unspecified atom stereocenters. The van der Waals surface area contributed by atoms with Crippen molar-refractivity contribution in [1.82, 2.24) is 0 Å². The topological polar surface area (TPSA) is 56.1 Å². The number of benzene rings is 1. The average Bonchev–Trinajstić information content (AvgIpc) is 3.00. The van der Waals surface area contributed by atoms with Gasteiger partial charge in [0.15, 0.2) is 11.5 Å². The van der Waals surface area contributed by atoms with Gasteiger partial charge in [-0.05, 0) is 31.4 Å². The fraction of sp³-hybridized carbons (Fsp3) is 0.471. The standard InChI is InChI=1S/C17H20N2O3/c1-11-5-17(19-4-2-3-12(8-19)9-20)18-14-7-16-15(6-13(11)14)21-10-22-16/h5-7,12,20H,2-4,8-10H2,1H3/p+1. The van der Waals surface area contributed by atoms with Crippen LogP contribution in [-0.2, 0) is 0 Å². The van der Waals surface area contributed by atoms with Crippen LogP contribution in [0.15, 0.2) is 18.2 Å². The zero-order chi connectivity index (χ0) is 15.1. The molecular formula is C17H21N2O3+. The Morgan fingerprint density at radius 3 is 2.91 bits per heavy atom. The molecule has 0 aliphatic carbocycles. The number of rotatable bonds is 2. The van der Waals surface area contributed by atoms with Crippen molar-refractivity contribution >= 4 is 16.7 Å². The second kappa shape index (κ2) is 5.32. The summed E-state index contributed by atoms with van der Waals surface area (Å²) in [6, 6.07) is 6.24. The molecule has 116 valence electrons. The SMILES string of the molecule is Cc1cc(N2CCCC(CO)C2)[nH+]c2cc3c(cc12)OCO3. The fourth-order valence-electron chi connectivity index (χ4n) is 3.43. The quantitative estimate of drug-likeness (QED) is 0.920. The molecule has 0 saturated carbocycles. The first kappa shape index (κ1) is 13.6. The molecule has 22 heavy (non-hydrogen) atoms. The lowest BCUT2D eigenvalue weighted by molar-refractivity contribution is -0.331. The molecule has 0 spiro atoms. The van der Waals surface area contributed by atoms with E-state index < -0.39 is 0 Å². The van der Waals surface area contributed by atoms with Crippen molar-refractivity contribution in [3.8, 4) is 11.5 Å².